The van der Waals surface area contributed by atoms with Crippen molar-refractivity contribution >= 4 is 34.1 Å². The van der Waals surface area contributed by atoms with Gasteiger partial charge in [0.25, 0.3) is 5.91 Å². The van der Waals surface area contributed by atoms with Crippen molar-refractivity contribution in [2.75, 3.05) is 13.6 Å². The van der Waals surface area contributed by atoms with Crippen LogP contribution in [0.5, 0.6) is 0 Å². The van der Waals surface area contributed by atoms with Crippen LogP contribution in [-0.2, 0) is 11.2 Å². The van der Waals surface area contributed by atoms with Gasteiger partial charge >= 0.3 is 0 Å². The summed E-state index contributed by atoms with van der Waals surface area (Å²) in [6.45, 7) is 0.506. The van der Waals surface area contributed by atoms with Crippen LogP contribution in [0.25, 0.3) is 10.9 Å². The number of nitrogens with zero attached hydrogens (tertiary/aromatic N) is 2. The molecule has 2 N–H and O–H groups in total. The van der Waals surface area contributed by atoms with Crippen molar-refractivity contribution < 1.29 is 4.79 Å². The second-order valence-electron chi connectivity index (χ2n) is 8.30. The van der Waals surface area contributed by atoms with Crippen LogP contribution < -0.4 is 5.32 Å². The summed E-state index contributed by atoms with van der Waals surface area (Å²) in [7, 11) is 1.82. The summed E-state index contributed by atoms with van der Waals surface area (Å²) >= 11 is 6.10. The number of carbonyl (C=O) groups excluding carboxylic acids is 1. The molecule has 2 heterocycles. The van der Waals surface area contributed by atoms with E-state index >= 15 is 0 Å². The lowest BCUT2D eigenvalue weighted by molar-refractivity contribution is -0.133. The van der Waals surface area contributed by atoms with Gasteiger partial charge in [0.2, 0.25) is 0 Å². The molecule has 0 spiro atoms. The van der Waals surface area contributed by atoms with Gasteiger partial charge in [0.15, 0.2) is 0 Å². The van der Waals surface area contributed by atoms with Gasteiger partial charge in [0.1, 0.15) is 0 Å². The Morgan fingerprint density at radius 1 is 1.09 bits per heavy atom. The number of hydrogen-bond donors (Lipinski definition) is 2. The van der Waals surface area contributed by atoms with E-state index in [2.05, 4.69) is 34.6 Å². The Bertz CT molecular complexity index is 1260. The number of para-hydroxylation sites is 1. The van der Waals surface area contributed by atoms with Gasteiger partial charge in [0.05, 0.1) is 18.3 Å². The van der Waals surface area contributed by atoms with Gasteiger partial charge in [-0.2, -0.15) is 5.10 Å². The molecule has 3 aromatic carbocycles. The van der Waals surface area contributed by atoms with Crippen LogP contribution in [0.15, 0.2) is 90.0 Å². The first-order chi connectivity index (χ1) is 16.1. The first-order valence-corrected chi connectivity index (χ1v) is 11.4. The number of aromatic amines is 1. The van der Waals surface area contributed by atoms with E-state index in [-0.39, 0.29) is 17.9 Å². The number of likely N-dealkylation sites (N-methyl/N-ethyl adjacent to an activating group) is 1. The first kappa shape index (κ1) is 21.4. The molecule has 0 fully saturated rings. The molecule has 0 saturated carbocycles. The molecule has 2 atom stereocenters. The van der Waals surface area contributed by atoms with E-state index in [0.717, 1.165) is 33.4 Å². The van der Waals surface area contributed by atoms with Crippen LogP contribution in [0, 0.1) is 0 Å². The molecule has 166 valence electrons. The largest absolute Gasteiger partial charge is 0.358 e. The molecular formula is C27H25ClN4O. The Kier molecular flexibility index (Phi) is 5.99. The molecule has 5 rings (SSSR count). The Morgan fingerprint density at radius 2 is 1.82 bits per heavy atom. The van der Waals surface area contributed by atoms with Gasteiger partial charge in [0, 0.05) is 28.6 Å². The van der Waals surface area contributed by atoms with Crippen LogP contribution in [0.2, 0.25) is 5.02 Å². The van der Waals surface area contributed by atoms with Crippen molar-refractivity contribution in [1.82, 2.24) is 15.3 Å². The van der Waals surface area contributed by atoms with E-state index in [4.69, 9.17) is 16.7 Å². The highest BCUT2D eigenvalue weighted by Gasteiger charge is 2.34. The lowest BCUT2D eigenvalue weighted by Gasteiger charge is -2.21. The zero-order valence-electron chi connectivity index (χ0n) is 18.3. The smallest absolute Gasteiger partial charge is 0.260 e. The van der Waals surface area contributed by atoms with Crippen molar-refractivity contribution in [3.05, 3.63) is 107 Å². The normalized spacial score (nSPS) is 16.7. The van der Waals surface area contributed by atoms with E-state index in [0.29, 0.717) is 18.0 Å². The summed E-state index contributed by atoms with van der Waals surface area (Å²) in [4.78, 5) is 16.9. The number of halogens is 1. The Balaban J connectivity index is 1.42. The predicted molar refractivity (Wildman–Crippen MR) is 134 cm³/mol. The summed E-state index contributed by atoms with van der Waals surface area (Å²) in [5, 5.41) is 11.4. The third-order valence-electron chi connectivity index (χ3n) is 6.17. The number of H-pyrrole nitrogens is 1. The summed E-state index contributed by atoms with van der Waals surface area (Å²) in [5.74, 6) is -0.0389. The number of nitrogens with one attached hydrogen (secondary N) is 2. The zero-order chi connectivity index (χ0) is 22.8. The van der Waals surface area contributed by atoms with Crippen molar-refractivity contribution in [1.29, 1.82) is 0 Å². The zero-order valence-corrected chi connectivity index (χ0v) is 19.1. The molecule has 33 heavy (non-hydrogen) atoms. The van der Waals surface area contributed by atoms with Crippen molar-refractivity contribution in [3.63, 3.8) is 0 Å². The molecule has 0 aliphatic carbocycles. The summed E-state index contributed by atoms with van der Waals surface area (Å²) in [6.07, 6.45) is 0.558. The van der Waals surface area contributed by atoms with Crippen molar-refractivity contribution in [2.45, 2.75) is 18.4 Å². The second-order valence-corrected chi connectivity index (χ2v) is 8.74. The molecule has 1 aliphatic rings. The molecule has 0 bridgehead atoms. The summed E-state index contributed by atoms with van der Waals surface area (Å²) < 4.78 is 0. The number of rotatable bonds is 6. The Hall–Kier alpha value is -3.41. The SMILES string of the molecule is CNC(Cc1cc2ccccc2[nH]1)C(=O)N1CC(c2ccccc2)C(c2ccc(Cl)cc2)=N1. The highest BCUT2D eigenvalue weighted by atomic mass is 35.5. The molecule has 5 nitrogen and oxygen atoms in total. The molecule has 1 aliphatic heterocycles. The van der Waals surface area contributed by atoms with E-state index < -0.39 is 0 Å². The standard InChI is InChI=1S/C27H25ClN4O/c1-29-25(16-22-15-20-9-5-6-10-24(20)30-22)27(33)32-17-23(18-7-3-2-4-8-18)26(31-32)19-11-13-21(28)14-12-19/h2-15,23,25,29-30H,16-17H2,1H3. The number of aromatic nitrogens is 1. The van der Waals surface area contributed by atoms with Crippen LogP contribution in [-0.4, -0.2) is 41.2 Å². The van der Waals surface area contributed by atoms with Crippen molar-refractivity contribution in [2.24, 2.45) is 5.10 Å². The lowest BCUT2D eigenvalue weighted by Crippen LogP contribution is -2.44. The maximum atomic E-state index is 13.5. The van der Waals surface area contributed by atoms with E-state index in [1.54, 1.807) is 5.01 Å². The van der Waals surface area contributed by atoms with E-state index in [1.807, 2.05) is 67.7 Å². The van der Waals surface area contributed by atoms with Gasteiger partial charge < -0.3 is 10.3 Å². The number of carbonyl (C=O) groups is 1. The van der Waals surface area contributed by atoms with E-state index in [9.17, 15) is 4.79 Å². The molecule has 0 saturated heterocycles. The topological polar surface area (TPSA) is 60.5 Å². The minimum absolute atomic E-state index is 0.00177. The maximum Gasteiger partial charge on any atom is 0.260 e. The minimum Gasteiger partial charge on any atom is -0.358 e. The van der Waals surface area contributed by atoms with Gasteiger partial charge in [-0.1, -0.05) is 72.3 Å². The molecule has 1 amide bonds. The average molecular weight is 457 g/mol. The van der Waals surface area contributed by atoms with Gasteiger partial charge in [-0.3, -0.25) is 4.79 Å². The average Bonchev–Trinajstić information content (AvgIpc) is 3.47. The quantitative estimate of drug-likeness (QED) is 0.429. The van der Waals surface area contributed by atoms with Gasteiger partial charge in [-0.25, -0.2) is 5.01 Å². The lowest BCUT2D eigenvalue weighted by atomic mass is 9.90. The third-order valence-corrected chi connectivity index (χ3v) is 6.42. The molecule has 2 unspecified atom stereocenters. The number of hydrogen-bond acceptors (Lipinski definition) is 3. The Labute approximate surface area is 198 Å². The van der Waals surface area contributed by atoms with Crippen molar-refractivity contribution in [3.8, 4) is 0 Å². The molecule has 1 aromatic heterocycles. The fraction of sp³-hybridized carbons (Fsp3) is 0.185. The first-order valence-electron chi connectivity index (χ1n) is 11.1. The van der Waals surface area contributed by atoms with Gasteiger partial charge in [-0.05, 0) is 47.8 Å². The number of fused-ring (bicyclic) bond motifs is 1. The van der Waals surface area contributed by atoms with Crippen LogP contribution in [0.3, 0.4) is 0 Å². The fourth-order valence-corrected chi connectivity index (χ4v) is 4.55. The Morgan fingerprint density at radius 3 is 2.55 bits per heavy atom. The van der Waals surface area contributed by atoms with Gasteiger partial charge in [-0.15, -0.1) is 0 Å². The molecule has 0 radical (unpaired) electrons. The molecule has 6 heteroatoms. The number of hydrazone groups is 1. The monoisotopic (exact) mass is 456 g/mol. The number of benzene rings is 3. The maximum absolute atomic E-state index is 13.5. The summed E-state index contributed by atoms with van der Waals surface area (Å²) in [6, 6.07) is 27.7. The molecular weight excluding hydrogens is 432 g/mol. The highest BCUT2D eigenvalue weighted by molar-refractivity contribution is 6.30. The second kappa shape index (κ2) is 9.22. The number of amides is 1. The van der Waals surface area contributed by atoms with Crippen LogP contribution in [0.1, 0.15) is 22.7 Å². The minimum atomic E-state index is -0.386. The highest BCUT2D eigenvalue weighted by Crippen LogP contribution is 2.30. The van der Waals surface area contributed by atoms with Crippen LogP contribution in [0.4, 0.5) is 0 Å². The van der Waals surface area contributed by atoms with E-state index in [1.165, 1.54) is 0 Å². The predicted octanol–water partition coefficient (Wildman–Crippen LogP) is 4.98. The summed E-state index contributed by atoms with van der Waals surface area (Å²) in [5.41, 5.74) is 5.08. The fourth-order valence-electron chi connectivity index (χ4n) is 4.42. The van der Waals surface area contributed by atoms with Crippen LogP contribution >= 0.6 is 11.6 Å². The third kappa shape index (κ3) is 4.42. The molecule has 4 aromatic rings.